The van der Waals surface area contributed by atoms with E-state index in [2.05, 4.69) is 20.6 Å². The SMILES string of the molecule is O=C(Nc1ccc(F)cc1)Nc1cccc(-c2nc(C(=O)O)c(O)c(=O)[nH]2)c1. The first-order chi connectivity index (χ1) is 13.3. The van der Waals surface area contributed by atoms with Crippen LogP contribution in [-0.4, -0.2) is 32.2 Å². The summed E-state index contributed by atoms with van der Waals surface area (Å²) in [7, 11) is 0. The second-order valence-corrected chi connectivity index (χ2v) is 5.58. The molecular weight excluding hydrogens is 371 g/mol. The van der Waals surface area contributed by atoms with Crippen LogP contribution in [0.15, 0.2) is 53.3 Å². The van der Waals surface area contributed by atoms with Crippen LogP contribution < -0.4 is 16.2 Å². The van der Waals surface area contributed by atoms with Crippen LogP contribution >= 0.6 is 0 Å². The number of aromatic nitrogens is 2. The molecule has 142 valence electrons. The summed E-state index contributed by atoms with van der Waals surface area (Å²) in [6.45, 7) is 0. The second-order valence-electron chi connectivity index (χ2n) is 5.58. The molecule has 0 aliphatic rings. The lowest BCUT2D eigenvalue weighted by Gasteiger charge is -2.09. The maximum Gasteiger partial charge on any atom is 0.358 e. The number of rotatable bonds is 4. The van der Waals surface area contributed by atoms with Gasteiger partial charge in [-0.05, 0) is 36.4 Å². The van der Waals surface area contributed by atoms with Gasteiger partial charge in [-0.25, -0.2) is 19.0 Å². The van der Waals surface area contributed by atoms with Crippen molar-refractivity contribution in [2.75, 3.05) is 10.6 Å². The zero-order valence-electron chi connectivity index (χ0n) is 14.1. The highest BCUT2D eigenvalue weighted by Gasteiger charge is 2.17. The maximum absolute atomic E-state index is 12.9. The first kappa shape index (κ1) is 18.6. The molecule has 3 aromatic rings. The fourth-order valence-corrected chi connectivity index (χ4v) is 2.32. The maximum atomic E-state index is 12.9. The highest BCUT2D eigenvalue weighted by Crippen LogP contribution is 2.21. The molecule has 9 nitrogen and oxygen atoms in total. The topological polar surface area (TPSA) is 144 Å². The summed E-state index contributed by atoms with van der Waals surface area (Å²) in [5.74, 6) is -3.08. The molecule has 0 aliphatic heterocycles. The number of carboxylic acid groups (broad SMARTS) is 1. The highest BCUT2D eigenvalue weighted by atomic mass is 19.1. The summed E-state index contributed by atoms with van der Waals surface area (Å²) in [6.07, 6.45) is 0. The van der Waals surface area contributed by atoms with Gasteiger partial charge in [0, 0.05) is 16.9 Å². The molecule has 0 radical (unpaired) electrons. The Labute approximate surface area is 156 Å². The minimum Gasteiger partial charge on any atom is -0.501 e. The van der Waals surface area contributed by atoms with Crippen molar-refractivity contribution < 1.29 is 24.2 Å². The van der Waals surface area contributed by atoms with E-state index >= 15 is 0 Å². The summed E-state index contributed by atoms with van der Waals surface area (Å²) < 4.78 is 12.9. The molecule has 2 aromatic carbocycles. The van der Waals surface area contributed by atoms with Crippen LogP contribution in [0.25, 0.3) is 11.4 Å². The van der Waals surface area contributed by atoms with E-state index in [1.165, 1.54) is 36.4 Å². The van der Waals surface area contributed by atoms with E-state index in [1.807, 2.05) is 0 Å². The highest BCUT2D eigenvalue weighted by molar-refractivity contribution is 6.00. The molecule has 0 atom stereocenters. The Bertz CT molecular complexity index is 1110. The number of anilines is 2. The third kappa shape index (κ3) is 4.12. The second kappa shape index (κ2) is 7.58. The van der Waals surface area contributed by atoms with E-state index in [0.29, 0.717) is 16.9 Å². The molecule has 1 heterocycles. The molecule has 28 heavy (non-hydrogen) atoms. The first-order valence-corrected chi connectivity index (χ1v) is 7.84. The monoisotopic (exact) mass is 384 g/mol. The number of carbonyl (C=O) groups is 2. The Morgan fingerprint density at radius 1 is 1.04 bits per heavy atom. The van der Waals surface area contributed by atoms with Crippen molar-refractivity contribution in [2.45, 2.75) is 0 Å². The molecule has 0 saturated carbocycles. The number of aromatic amines is 1. The van der Waals surface area contributed by atoms with Gasteiger partial charge in [0.25, 0.3) is 5.56 Å². The van der Waals surface area contributed by atoms with Crippen molar-refractivity contribution in [2.24, 2.45) is 0 Å². The quantitative estimate of drug-likeness (QED) is 0.468. The Morgan fingerprint density at radius 3 is 2.39 bits per heavy atom. The molecule has 0 bridgehead atoms. The number of halogens is 1. The summed E-state index contributed by atoms with van der Waals surface area (Å²) in [5.41, 5.74) is -0.782. The van der Waals surface area contributed by atoms with Crippen LogP contribution in [-0.2, 0) is 0 Å². The molecule has 0 fully saturated rings. The third-order valence-corrected chi connectivity index (χ3v) is 3.59. The van der Waals surface area contributed by atoms with Gasteiger partial charge in [-0.3, -0.25) is 4.79 Å². The zero-order chi connectivity index (χ0) is 20.3. The van der Waals surface area contributed by atoms with Crippen molar-refractivity contribution in [3.8, 4) is 17.1 Å². The number of nitrogens with zero attached hydrogens (tertiary/aromatic N) is 1. The molecule has 0 aliphatic carbocycles. The van der Waals surface area contributed by atoms with Crippen LogP contribution in [0.1, 0.15) is 10.5 Å². The Balaban J connectivity index is 1.83. The number of aromatic hydroxyl groups is 1. The van der Waals surface area contributed by atoms with Gasteiger partial charge in [-0.2, -0.15) is 0 Å². The van der Waals surface area contributed by atoms with Gasteiger partial charge in [0.15, 0.2) is 5.69 Å². The van der Waals surface area contributed by atoms with Gasteiger partial charge in [0.1, 0.15) is 11.6 Å². The Kier molecular flexibility index (Phi) is 5.03. The largest absolute Gasteiger partial charge is 0.501 e. The number of carbonyl (C=O) groups excluding carboxylic acids is 1. The lowest BCUT2D eigenvalue weighted by atomic mass is 10.2. The summed E-state index contributed by atoms with van der Waals surface area (Å²) in [6, 6.07) is 10.7. The number of nitrogens with one attached hydrogen (secondary N) is 3. The standard InChI is InChI=1S/C18H13FN4O5/c19-10-4-6-11(7-5-10)20-18(28)21-12-3-1-2-9(8-12)15-22-13(17(26)27)14(24)16(25)23-15/h1-8,24H,(H,26,27)(H2,20,21,28)(H,22,23,25). The number of hydrogen-bond acceptors (Lipinski definition) is 5. The molecular formula is C18H13FN4O5. The van der Waals surface area contributed by atoms with Crippen molar-refractivity contribution in [1.29, 1.82) is 0 Å². The van der Waals surface area contributed by atoms with Crippen molar-refractivity contribution in [3.63, 3.8) is 0 Å². The molecule has 0 spiro atoms. The smallest absolute Gasteiger partial charge is 0.358 e. The molecule has 2 amide bonds. The number of carboxylic acids is 1. The van der Waals surface area contributed by atoms with E-state index in [9.17, 15) is 23.9 Å². The Morgan fingerprint density at radius 2 is 1.71 bits per heavy atom. The van der Waals surface area contributed by atoms with Gasteiger partial charge >= 0.3 is 12.0 Å². The third-order valence-electron chi connectivity index (χ3n) is 3.59. The van der Waals surface area contributed by atoms with E-state index in [4.69, 9.17) is 5.11 Å². The zero-order valence-corrected chi connectivity index (χ0v) is 14.1. The van der Waals surface area contributed by atoms with Crippen LogP contribution in [0.3, 0.4) is 0 Å². The van der Waals surface area contributed by atoms with Gasteiger partial charge < -0.3 is 25.8 Å². The van der Waals surface area contributed by atoms with E-state index in [1.54, 1.807) is 12.1 Å². The molecule has 10 heteroatoms. The van der Waals surface area contributed by atoms with E-state index in [-0.39, 0.29) is 5.82 Å². The summed E-state index contributed by atoms with van der Waals surface area (Å²) in [4.78, 5) is 40.9. The normalized spacial score (nSPS) is 10.3. The van der Waals surface area contributed by atoms with Gasteiger partial charge in [0.05, 0.1) is 0 Å². The predicted molar refractivity (Wildman–Crippen MR) is 98.0 cm³/mol. The van der Waals surface area contributed by atoms with Gasteiger partial charge in [0.2, 0.25) is 5.75 Å². The average molecular weight is 384 g/mol. The van der Waals surface area contributed by atoms with Crippen molar-refractivity contribution in [1.82, 2.24) is 9.97 Å². The van der Waals surface area contributed by atoms with Crippen molar-refractivity contribution in [3.05, 3.63) is 70.4 Å². The molecule has 0 unspecified atom stereocenters. The minimum atomic E-state index is -1.56. The molecule has 3 rings (SSSR count). The van der Waals surface area contributed by atoms with E-state index in [0.717, 1.165) is 0 Å². The number of amides is 2. The summed E-state index contributed by atoms with van der Waals surface area (Å²) >= 11 is 0. The van der Waals surface area contributed by atoms with Crippen molar-refractivity contribution >= 4 is 23.4 Å². The molecule has 5 N–H and O–H groups in total. The first-order valence-electron chi connectivity index (χ1n) is 7.84. The predicted octanol–water partition coefficient (Wildman–Crippen LogP) is 2.62. The number of benzene rings is 2. The van der Waals surface area contributed by atoms with Crippen LogP contribution in [0, 0.1) is 5.82 Å². The number of H-pyrrole nitrogens is 1. The number of urea groups is 1. The molecule has 1 aromatic heterocycles. The van der Waals surface area contributed by atoms with E-state index < -0.39 is 34.8 Å². The average Bonchev–Trinajstić information content (AvgIpc) is 2.65. The minimum absolute atomic E-state index is 0.0946. The number of aromatic carboxylic acids is 1. The van der Waals surface area contributed by atoms with Crippen LogP contribution in [0.4, 0.5) is 20.6 Å². The number of hydrogen-bond donors (Lipinski definition) is 5. The van der Waals surface area contributed by atoms with Gasteiger partial charge in [-0.15, -0.1) is 0 Å². The fraction of sp³-hybridized carbons (Fsp3) is 0. The molecule has 0 saturated heterocycles. The summed E-state index contributed by atoms with van der Waals surface area (Å²) in [5, 5.41) is 23.6. The fourth-order valence-electron chi connectivity index (χ4n) is 2.32. The lowest BCUT2D eigenvalue weighted by Crippen LogP contribution is -2.19. The van der Waals surface area contributed by atoms with Crippen LogP contribution in [0.2, 0.25) is 0 Å². The van der Waals surface area contributed by atoms with Gasteiger partial charge in [-0.1, -0.05) is 12.1 Å². The lowest BCUT2D eigenvalue weighted by molar-refractivity contribution is 0.0686. The van der Waals surface area contributed by atoms with Crippen LogP contribution in [0.5, 0.6) is 5.75 Å². The Hall–Kier alpha value is -4.21.